The topological polar surface area (TPSA) is 12.4 Å². The molecule has 0 saturated heterocycles. The molecule has 0 N–H and O–H groups in total. The van der Waals surface area contributed by atoms with Crippen LogP contribution >= 0.6 is 0 Å². The average molecular weight is 175 g/mol. The normalized spacial score (nSPS) is 11.8. The first-order valence-corrected chi connectivity index (χ1v) is 4.89. The van der Waals surface area contributed by atoms with Crippen molar-refractivity contribution >= 4 is 11.4 Å². The summed E-state index contributed by atoms with van der Waals surface area (Å²) in [5.41, 5.74) is 3.62. The number of rotatable bonds is 3. The van der Waals surface area contributed by atoms with Crippen molar-refractivity contribution in [2.45, 2.75) is 33.6 Å². The van der Waals surface area contributed by atoms with E-state index in [1.807, 2.05) is 0 Å². The Balaban J connectivity index is 2.89. The summed E-state index contributed by atoms with van der Waals surface area (Å²) in [5, 5.41) is 0. The van der Waals surface area contributed by atoms with Crippen LogP contribution in [0.3, 0.4) is 0 Å². The fourth-order valence-electron chi connectivity index (χ4n) is 1.15. The van der Waals surface area contributed by atoms with Gasteiger partial charge in [-0.2, -0.15) is 0 Å². The molecule has 0 aliphatic rings. The minimum atomic E-state index is 1.02. The smallest absolute Gasteiger partial charge is 0.0631 e. The molecule has 0 unspecified atom stereocenters. The molecule has 1 rings (SSSR count). The second-order valence-electron chi connectivity index (χ2n) is 3.22. The summed E-state index contributed by atoms with van der Waals surface area (Å²) in [6.07, 6.45) is 2.10. The van der Waals surface area contributed by atoms with E-state index in [-0.39, 0.29) is 0 Å². The molecule has 0 aliphatic heterocycles. The van der Waals surface area contributed by atoms with Gasteiger partial charge in [0.15, 0.2) is 0 Å². The van der Waals surface area contributed by atoms with Crippen molar-refractivity contribution in [2.24, 2.45) is 4.99 Å². The standard InChI is InChI=1S/C12H17N/c1-4-10(3)13-12-8-6-7-11(5-2)9-12/h6-9H,4-5H2,1-3H3/b13-10+. The Kier molecular flexibility index (Phi) is 3.69. The predicted molar refractivity (Wildman–Crippen MR) is 58.9 cm³/mol. The fraction of sp³-hybridized carbons (Fsp3) is 0.417. The van der Waals surface area contributed by atoms with Gasteiger partial charge < -0.3 is 0 Å². The maximum atomic E-state index is 4.50. The van der Waals surface area contributed by atoms with Crippen LogP contribution in [0, 0.1) is 0 Å². The van der Waals surface area contributed by atoms with E-state index >= 15 is 0 Å². The zero-order valence-corrected chi connectivity index (χ0v) is 8.67. The van der Waals surface area contributed by atoms with Crippen LogP contribution in [0.25, 0.3) is 0 Å². The van der Waals surface area contributed by atoms with E-state index in [4.69, 9.17) is 0 Å². The molecule has 1 aromatic carbocycles. The summed E-state index contributed by atoms with van der Waals surface area (Å²) in [7, 11) is 0. The van der Waals surface area contributed by atoms with Crippen LogP contribution in [-0.4, -0.2) is 5.71 Å². The average Bonchev–Trinajstić information content (AvgIpc) is 2.18. The first-order chi connectivity index (χ1) is 6.26. The van der Waals surface area contributed by atoms with Crippen molar-refractivity contribution in [1.82, 2.24) is 0 Å². The minimum absolute atomic E-state index is 1.02. The molecular formula is C12H17N. The van der Waals surface area contributed by atoms with Crippen LogP contribution in [0.15, 0.2) is 29.3 Å². The summed E-state index contributed by atoms with van der Waals surface area (Å²) < 4.78 is 0. The van der Waals surface area contributed by atoms with Crippen LogP contribution < -0.4 is 0 Å². The minimum Gasteiger partial charge on any atom is -0.258 e. The molecule has 13 heavy (non-hydrogen) atoms. The van der Waals surface area contributed by atoms with E-state index in [0.717, 1.165) is 18.5 Å². The number of hydrogen-bond acceptors (Lipinski definition) is 1. The molecule has 0 saturated carbocycles. The fourth-order valence-corrected chi connectivity index (χ4v) is 1.15. The molecular weight excluding hydrogens is 158 g/mol. The molecule has 1 aromatic rings. The molecule has 0 radical (unpaired) electrons. The summed E-state index contributed by atoms with van der Waals surface area (Å²) in [4.78, 5) is 4.50. The van der Waals surface area contributed by atoms with E-state index in [0.29, 0.717) is 0 Å². The Labute approximate surface area is 80.5 Å². The molecule has 0 bridgehead atoms. The highest BCUT2D eigenvalue weighted by Crippen LogP contribution is 2.15. The Bertz CT molecular complexity index is 300. The number of aliphatic imine (C=N–C) groups is 1. The zero-order valence-electron chi connectivity index (χ0n) is 8.67. The highest BCUT2D eigenvalue weighted by molar-refractivity contribution is 5.84. The molecule has 0 atom stereocenters. The maximum Gasteiger partial charge on any atom is 0.0631 e. The first-order valence-electron chi connectivity index (χ1n) is 4.89. The zero-order chi connectivity index (χ0) is 9.68. The van der Waals surface area contributed by atoms with Crippen molar-refractivity contribution in [3.63, 3.8) is 0 Å². The van der Waals surface area contributed by atoms with Gasteiger partial charge in [0.2, 0.25) is 0 Å². The van der Waals surface area contributed by atoms with Gasteiger partial charge in [-0.25, -0.2) is 0 Å². The van der Waals surface area contributed by atoms with E-state index < -0.39 is 0 Å². The van der Waals surface area contributed by atoms with Crippen LogP contribution in [-0.2, 0) is 6.42 Å². The number of hydrogen-bond donors (Lipinski definition) is 0. The first kappa shape index (κ1) is 9.97. The molecule has 1 nitrogen and oxygen atoms in total. The van der Waals surface area contributed by atoms with Gasteiger partial charge in [0, 0.05) is 5.71 Å². The summed E-state index contributed by atoms with van der Waals surface area (Å²) in [6.45, 7) is 6.36. The lowest BCUT2D eigenvalue weighted by molar-refractivity contribution is 1.14. The molecule has 0 fully saturated rings. The highest BCUT2D eigenvalue weighted by atomic mass is 14.7. The van der Waals surface area contributed by atoms with E-state index in [2.05, 4.69) is 50.0 Å². The van der Waals surface area contributed by atoms with Gasteiger partial charge >= 0.3 is 0 Å². The second kappa shape index (κ2) is 4.80. The molecule has 0 aromatic heterocycles. The lowest BCUT2D eigenvalue weighted by atomic mass is 10.1. The van der Waals surface area contributed by atoms with Crippen molar-refractivity contribution < 1.29 is 0 Å². The summed E-state index contributed by atoms with van der Waals surface area (Å²) in [6, 6.07) is 8.42. The molecule has 70 valence electrons. The molecule has 1 heteroatoms. The van der Waals surface area contributed by atoms with Crippen LogP contribution in [0.4, 0.5) is 5.69 Å². The van der Waals surface area contributed by atoms with Crippen molar-refractivity contribution in [2.75, 3.05) is 0 Å². The molecule has 0 amide bonds. The molecule has 0 spiro atoms. The number of nitrogens with zero attached hydrogens (tertiary/aromatic N) is 1. The van der Waals surface area contributed by atoms with Crippen molar-refractivity contribution in [1.29, 1.82) is 0 Å². The summed E-state index contributed by atoms with van der Waals surface area (Å²) in [5.74, 6) is 0. The Morgan fingerprint density at radius 1 is 1.31 bits per heavy atom. The summed E-state index contributed by atoms with van der Waals surface area (Å²) >= 11 is 0. The van der Waals surface area contributed by atoms with Gasteiger partial charge in [0.05, 0.1) is 5.69 Å². The van der Waals surface area contributed by atoms with Crippen molar-refractivity contribution in [3.8, 4) is 0 Å². The monoisotopic (exact) mass is 175 g/mol. The molecule has 0 aliphatic carbocycles. The maximum absolute atomic E-state index is 4.50. The predicted octanol–water partition coefficient (Wildman–Crippen LogP) is 3.75. The molecule has 0 heterocycles. The van der Waals surface area contributed by atoms with Gasteiger partial charge in [0.25, 0.3) is 0 Å². The van der Waals surface area contributed by atoms with Gasteiger partial charge in [-0.1, -0.05) is 26.0 Å². The Morgan fingerprint density at radius 2 is 2.08 bits per heavy atom. The van der Waals surface area contributed by atoms with Crippen LogP contribution in [0.5, 0.6) is 0 Å². The lowest BCUT2D eigenvalue weighted by Gasteiger charge is -1.99. The van der Waals surface area contributed by atoms with Gasteiger partial charge in [0.1, 0.15) is 0 Å². The third kappa shape index (κ3) is 3.02. The Morgan fingerprint density at radius 3 is 2.69 bits per heavy atom. The van der Waals surface area contributed by atoms with Crippen LogP contribution in [0.1, 0.15) is 32.8 Å². The highest BCUT2D eigenvalue weighted by Gasteiger charge is 1.92. The van der Waals surface area contributed by atoms with Gasteiger partial charge in [-0.3, -0.25) is 4.99 Å². The van der Waals surface area contributed by atoms with E-state index in [1.54, 1.807) is 0 Å². The lowest BCUT2D eigenvalue weighted by Crippen LogP contribution is -1.85. The number of aryl methyl sites for hydroxylation is 1. The Hall–Kier alpha value is -1.11. The third-order valence-electron chi connectivity index (χ3n) is 2.15. The van der Waals surface area contributed by atoms with Crippen molar-refractivity contribution in [3.05, 3.63) is 29.8 Å². The third-order valence-corrected chi connectivity index (χ3v) is 2.15. The largest absolute Gasteiger partial charge is 0.258 e. The van der Waals surface area contributed by atoms with E-state index in [1.165, 1.54) is 11.3 Å². The quantitative estimate of drug-likeness (QED) is 0.620. The second-order valence-corrected chi connectivity index (χ2v) is 3.22. The van der Waals surface area contributed by atoms with E-state index in [9.17, 15) is 0 Å². The SMILES string of the molecule is CC/C(C)=N/c1cccc(CC)c1. The van der Waals surface area contributed by atoms with Gasteiger partial charge in [-0.15, -0.1) is 0 Å². The van der Waals surface area contributed by atoms with Crippen LogP contribution in [0.2, 0.25) is 0 Å². The number of benzene rings is 1. The van der Waals surface area contributed by atoms with Gasteiger partial charge in [-0.05, 0) is 37.5 Å².